The molecule has 0 saturated heterocycles. The summed E-state index contributed by atoms with van der Waals surface area (Å²) in [6, 6.07) is 102. The minimum atomic E-state index is -2.71. The van der Waals surface area contributed by atoms with E-state index in [4.69, 9.17) is 0 Å². The molecule has 0 radical (unpaired) electrons. The minimum absolute atomic E-state index is 1.18. The molecule has 2 heterocycles. The standard InChI is InChI=1S/C68H45NSi/c1-3-19-55(20-4-1)70(56-21-5-2-6-22-56)67-28-12-11-25-61(67)62-40-39-54(45-68(62)70)69-65-41-37-52(46-29-33-50(34-30-46)59-26-13-17-48-15-7-9-23-57(48)59)43-63(65)64-44-53(38-42-66(64)69)47-31-35-51(36-32-47)60-27-14-18-49-16-8-10-24-58(49)60/h1-45H. The molecule has 0 amide bonds. The van der Waals surface area contributed by atoms with Crippen molar-refractivity contribution in [2.24, 2.45) is 0 Å². The Balaban J connectivity index is 0.950. The van der Waals surface area contributed by atoms with E-state index in [0.29, 0.717) is 0 Å². The van der Waals surface area contributed by atoms with Gasteiger partial charge in [0.05, 0.1) is 11.0 Å². The van der Waals surface area contributed by atoms with Gasteiger partial charge < -0.3 is 4.57 Å². The number of benzene rings is 12. The van der Waals surface area contributed by atoms with Gasteiger partial charge in [-0.2, -0.15) is 0 Å². The van der Waals surface area contributed by atoms with Crippen LogP contribution in [-0.2, 0) is 0 Å². The van der Waals surface area contributed by atoms with Crippen LogP contribution in [0.1, 0.15) is 0 Å². The second-order valence-electron chi connectivity index (χ2n) is 18.8. The maximum Gasteiger partial charge on any atom is 0.180 e. The molecule has 2 heteroatoms. The summed E-state index contributed by atoms with van der Waals surface area (Å²) in [5.74, 6) is 0. The molecule has 14 rings (SSSR count). The van der Waals surface area contributed by atoms with Crippen LogP contribution in [0.2, 0.25) is 0 Å². The van der Waals surface area contributed by atoms with Crippen LogP contribution in [-0.4, -0.2) is 12.6 Å². The molecule has 0 atom stereocenters. The van der Waals surface area contributed by atoms with Gasteiger partial charge in [0.15, 0.2) is 8.07 Å². The Hall–Kier alpha value is -8.82. The highest BCUT2D eigenvalue weighted by Gasteiger charge is 2.48. The predicted molar refractivity (Wildman–Crippen MR) is 300 cm³/mol. The zero-order valence-electron chi connectivity index (χ0n) is 38.4. The lowest BCUT2D eigenvalue weighted by molar-refractivity contribution is 1.18. The van der Waals surface area contributed by atoms with Crippen molar-refractivity contribution in [3.8, 4) is 61.3 Å². The average Bonchev–Trinajstić information content (AvgIpc) is 3.93. The summed E-state index contributed by atoms with van der Waals surface area (Å²) in [5.41, 5.74) is 16.0. The fourth-order valence-electron chi connectivity index (χ4n) is 11.9. The normalized spacial score (nSPS) is 12.7. The van der Waals surface area contributed by atoms with Crippen molar-refractivity contribution in [3.63, 3.8) is 0 Å². The van der Waals surface area contributed by atoms with E-state index < -0.39 is 8.07 Å². The zero-order valence-corrected chi connectivity index (χ0v) is 39.4. The topological polar surface area (TPSA) is 4.93 Å². The summed E-state index contributed by atoms with van der Waals surface area (Å²) < 4.78 is 2.52. The van der Waals surface area contributed by atoms with E-state index in [2.05, 4.69) is 278 Å². The molecule has 326 valence electrons. The summed E-state index contributed by atoms with van der Waals surface area (Å²) in [7, 11) is -2.71. The Morgan fingerprint density at radius 1 is 0.243 bits per heavy atom. The molecule has 70 heavy (non-hydrogen) atoms. The molecule has 0 unspecified atom stereocenters. The molecule has 0 saturated carbocycles. The van der Waals surface area contributed by atoms with Crippen molar-refractivity contribution in [3.05, 3.63) is 273 Å². The fraction of sp³-hybridized carbons (Fsp3) is 0. The molecule has 12 aromatic carbocycles. The highest BCUT2D eigenvalue weighted by Crippen LogP contribution is 2.40. The van der Waals surface area contributed by atoms with Gasteiger partial charge in [-0.15, -0.1) is 0 Å². The minimum Gasteiger partial charge on any atom is -0.309 e. The fourth-order valence-corrected chi connectivity index (χ4v) is 17.1. The maximum absolute atomic E-state index is 2.71. The lowest BCUT2D eigenvalue weighted by Crippen LogP contribution is -2.72. The van der Waals surface area contributed by atoms with Crippen LogP contribution in [0.4, 0.5) is 0 Å². The van der Waals surface area contributed by atoms with E-state index >= 15 is 0 Å². The molecule has 1 nitrogen and oxygen atoms in total. The summed E-state index contributed by atoms with van der Waals surface area (Å²) in [6.07, 6.45) is 0. The third-order valence-corrected chi connectivity index (χ3v) is 20.0. The smallest absolute Gasteiger partial charge is 0.180 e. The average molecular weight is 904 g/mol. The van der Waals surface area contributed by atoms with Crippen LogP contribution in [0.5, 0.6) is 0 Å². The number of hydrogen-bond acceptors (Lipinski definition) is 0. The van der Waals surface area contributed by atoms with Crippen LogP contribution in [0, 0.1) is 0 Å². The van der Waals surface area contributed by atoms with Gasteiger partial charge in [0.25, 0.3) is 0 Å². The highest BCUT2D eigenvalue weighted by molar-refractivity contribution is 7.22. The van der Waals surface area contributed by atoms with E-state index in [-0.39, 0.29) is 0 Å². The van der Waals surface area contributed by atoms with Crippen molar-refractivity contribution in [1.82, 2.24) is 4.57 Å². The molecular weight excluding hydrogens is 859 g/mol. The van der Waals surface area contributed by atoms with E-state index in [1.165, 1.54) is 125 Å². The van der Waals surface area contributed by atoms with Crippen molar-refractivity contribution in [2.75, 3.05) is 0 Å². The van der Waals surface area contributed by atoms with Crippen LogP contribution in [0.15, 0.2) is 273 Å². The molecule has 0 N–H and O–H groups in total. The lowest BCUT2D eigenvalue weighted by Gasteiger charge is -2.31. The summed E-state index contributed by atoms with van der Waals surface area (Å²) in [4.78, 5) is 0. The first-order valence-electron chi connectivity index (χ1n) is 24.3. The Morgan fingerprint density at radius 3 is 1.20 bits per heavy atom. The molecule has 1 aromatic heterocycles. The van der Waals surface area contributed by atoms with Crippen LogP contribution in [0.25, 0.3) is 105 Å². The Morgan fingerprint density at radius 2 is 0.657 bits per heavy atom. The number of fused-ring (bicyclic) bond motifs is 8. The highest BCUT2D eigenvalue weighted by atomic mass is 28.3. The quantitative estimate of drug-likeness (QED) is 0.140. The molecular formula is C68H45NSi. The lowest BCUT2D eigenvalue weighted by atomic mass is 9.95. The molecule has 0 fully saturated rings. The van der Waals surface area contributed by atoms with Gasteiger partial charge in [0, 0.05) is 16.5 Å². The van der Waals surface area contributed by atoms with Gasteiger partial charge in [0.2, 0.25) is 0 Å². The van der Waals surface area contributed by atoms with Gasteiger partial charge in [-0.05, 0) is 134 Å². The SMILES string of the molecule is c1ccc([Si]2(c3ccccc3)c3ccccc3-c3ccc(-n4c5ccc(-c6ccc(-c7cccc8ccccc78)cc6)cc5c5cc(-c6ccc(-c7cccc8ccccc78)cc6)ccc54)cc32)cc1. The van der Waals surface area contributed by atoms with E-state index in [1.54, 1.807) is 0 Å². The number of nitrogens with zero attached hydrogens (tertiary/aromatic N) is 1. The molecule has 0 bridgehead atoms. The maximum atomic E-state index is 2.54. The monoisotopic (exact) mass is 903 g/mol. The van der Waals surface area contributed by atoms with Gasteiger partial charge in [-0.3, -0.25) is 0 Å². The Labute approximate surface area is 408 Å². The zero-order chi connectivity index (χ0) is 46.2. The predicted octanol–water partition coefficient (Wildman–Crippen LogP) is 15.1. The summed E-state index contributed by atoms with van der Waals surface area (Å²) in [6.45, 7) is 0. The largest absolute Gasteiger partial charge is 0.309 e. The van der Waals surface area contributed by atoms with Crippen molar-refractivity contribution in [2.45, 2.75) is 0 Å². The van der Waals surface area contributed by atoms with Gasteiger partial charge in [-0.25, -0.2) is 0 Å². The van der Waals surface area contributed by atoms with Crippen LogP contribution >= 0.6 is 0 Å². The molecule has 1 aliphatic rings. The molecule has 0 aliphatic carbocycles. The number of rotatable bonds is 7. The number of hydrogen-bond donors (Lipinski definition) is 0. The third-order valence-electron chi connectivity index (χ3n) is 15.1. The number of aromatic nitrogens is 1. The van der Waals surface area contributed by atoms with Crippen LogP contribution in [0.3, 0.4) is 0 Å². The van der Waals surface area contributed by atoms with Crippen molar-refractivity contribution >= 4 is 72.2 Å². The van der Waals surface area contributed by atoms with E-state index in [1.807, 2.05) is 0 Å². The first-order valence-corrected chi connectivity index (χ1v) is 26.3. The second-order valence-corrected chi connectivity index (χ2v) is 22.5. The van der Waals surface area contributed by atoms with Crippen molar-refractivity contribution in [1.29, 1.82) is 0 Å². The van der Waals surface area contributed by atoms with Crippen molar-refractivity contribution < 1.29 is 0 Å². The molecule has 1 aliphatic heterocycles. The molecule has 13 aromatic rings. The van der Waals surface area contributed by atoms with E-state index in [9.17, 15) is 0 Å². The first kappa shape index (κ1) is 40.3. The Kier molecular flexibility index (Phi) is 9.30. The van der Waals surface area contributed by atoms with Gasteiger partial charge in [-0.1, -0.05) is 237 Å². The van der Waals surface area contributed by atoms with E-state index in [0.717, 1.165) is 0 Å². The second kappa shape index (κ2) is 16.2. The third kappa shape index (κ3) is 6.24. The first-order chi connectivity index (χ1) is 34.7. The Bertz CT molecular complexity index is 3920. The summed E-state index contributed by atoms with van der Waals surface area (Å²) >= 11 is 0. The summed E-state index contributed by atoms with van der Waals surface area (Å²) in [5, 5.41) is 13.2. The van der Waals surface area contributed by atoms with Gasteiger partial charge in [0.1, 0.15) is 0 Å². The molecule has 0 spiro atoms. The van der Waals surface area contributed by atoms with Crippen LogP contribution < -0.4 is 20.7 Å². The van der Waals surface area contributed by atoms with Gasteiger partial charge >= 0.3 is 0 Å².